The van der Waals surface area contributed by atoms with E-state index in [2.05, 4.69) is 34.6 Å². The van der Waals surface area contributed by atoms with Crippen molar-refractivity contribution in [3.8, 4) is 0 Å². The highest BCUT2D eigenvalue weighted by Crippen LogP contribution is 2.43. The number of hydrogen-bond acceptors (Lipinski definition) is 3. The Labute approximate surface area is 122 Å². The van der Waals surface area contributed by atoms with E-state index in [0.29, 0.717) is 5.92 Å². The van der Waals surface area contributed by atoms with Crippen molar-refractivity contribution in [2.75, 3.05) is 14.2 Å². The molecule has 0 heterocycles. The molecular weight excluding hydrogens is 276 g/mol. The van der Waals surface area contributed by atoms with Crippen LogP contribution in [0.1, 0.15) is 41.0 Å². The van der Waals surface area contributed by atoms with Crippen LogP contribution >= 0.6 is 12.6 Å². The average molecular weight is 309 g/mol. The molecule has 2 nitrogen and oxygen atoms in total. The molecule has 5 heteroatoms. The lowest BCUT2D eigenvalue weighted by atomic mass is 10.2. The summed E-state index contributed by atoms with van der Waals surface area (Å²) in [5.41, 5.74) is 0. The summed E-state index contributed by atoms with van der Waals surface area (Å²) in [5.74, 6) is 0.638. The third-order valence-corrected chi connectivity index (χ3v) is 17.2. The van der Waals surface area contributed by atoms with Gasteiger partial charge < -0.3 is 8.85 Å². The Bertz CT molecular complexity index is 223. The van der Waals surface area contributed by atoms with Gasteiger partial charge in [0.25, 0.3) is 0 Å². The highest BCUT2D eigenvalue weighted by Gasteiger charge is 2.54. The van der Waals surface area contributed by atoms with Crippen molar-refractivity contribution >= 4 is 30.0 Å². The van der Waals surface area contributed by atoms with Crippen LogP contribution in [0.25, 0.3) is 0 Å². The van der Waals surface area contributed by atoms with E-state index in [0.717, 1.165) is 6.42 Å². The summed E-state index contributed by atoms with van der Waals surface area (Å²) < 4.78 is 11.5. The molecular formula is C13H32O2SSi2. The fraction of sp³-hybridized carbons (Fsp3) is 1.00. The van der Waals surface area contributed by atoms with Gasteiger partial charge in [-0.2, -0.15) is 12.6 Å². The Morgan fingerprint density at radius 1 is 1.06 bits per heavy atom. The maximum atomic E-state index is 5.75. The van der Waals surface area contributed by atoms with E-state index in [4.69, 9.17) is 21.5 Å². The minimum Gasteiger partial charge on any atom is -0.399 e. The van der Waals surface area contributed by atoms with Gasteiger partial charge in [0, 0.05) is 18.2 Å². The summed E-state index contributed by atoms with van der Waals surface area (Å²) >= 11 is 5.21. The minimum atomic E-state index is -1.73. The number of rotatable bonds is 9. The van der Waals surface area contributed by atoms with E-state index in [1.807, 2.05) is 0 Å². The lowest BCUT2D eigenvalue weighted by Gasteiger charge is -2.48. The fourth-order valence-electron chi connectivity index (χ4n) is 3.34. The Balaban J connectivity index is 5.54. The standard InChI is InChI=1S/C13H32O2SSi2/c1-8-18(9-2,10-3)13(16,11-12(4)5)17(14-6)15-7/h12,16-17H,8-11H2,1-7H3/t13-/m1/s1. The molecule has 0 radical (unpaired) electrons. The van der Waals surface area contributed by atoms with Gasteiger partial charge in [0.05, 0.1) is 8.07 Å². The first kappa shape index (κ1) is 18.7. The van der Waals surface area contributed by atoms with Gasteiger partial charge in [-0.15, -0.1) is 0 Å². The van der Waals surface area contributed by atoms with Gasteiger partial charge in [-0.3, -0.25) is 0 Å². The molecule has 0 bridgehead atoms. The van der Waals surface area contributed by atoms with E-state index in [-0.39, 0.29) is 3.99 Å². The van der Waals surface area contributed by atoms with Crippen molar-refractivity contribution < 1.29 is 8.85 Å². The molecule has 0 rings (SSSR count). The van der Waals surface area contributed by atoms with Crippen molar-refractivity contribution in [2.24, 2.45) is 5.92 Å². The van der Waals surface area contributed by atoms with Crippen molar-refractivity contribution in [1.29, 1.82) is 0 Å². The summed E-state index contributed by atoms with van der Waals surface area (Å²) in [5, 5.41) is 0. The zero-order valence-corrected chi connectivity index (χ0v) is 16.3. The van der Waals surface area contributed by atoms with Crippen LogP contribution in [0.2, 0.25) is 18.1 Å². The van der Waals surface area contributed by atoms with Crippen molar-refractivity contribution in [2.45, 2.75) is 63.2 Å². The largest absolute Gasteiger partial charge is 0.399 e. The summed E-state index contributed by atoms with van der Waals surface area (Å²) in [7, 11) is 0.402. The maximum Gasteiger partial charge on any atom is 0.334 e. The number of thiol groups is 1. The van der Waals surface area contributed by atoms with Crippen molar-refractivity contribution in [3.63, 3.8) is 0 Å². The van der Waals surface area contributed by atoms with Gasteiger partial charge in [-0.1, -0.05) is 52.8 Å². The Morgan fingerprint density at radius 3 is 1.67 bits per heavy atom. The normalized spacial score (nSPS) is 16.3. The van der Waals surface area contributed by atoms with E-state index < -0.39 is 17.4 Å². The Morgan fingerprint density at radius 2 is 1.44 bits per heavy atom. The molecule has 0 aromatic carbocycles. The summed E-state index contributed by atoms with van der Waals surface area (Å²) in [4.78, 5) is 0. The van der Waals surface area contributed by atoms with E-state index >= 15 is 0 Å². The highest BCUT2D eigenvalue weighted by atomic mass is 32.1. The van der Waals surface area contributed by atoms with Crippen LogP contribution in [0.4, 0.5) is 0 Å². The highest BCUT2D eigenvalue weighted by molar-refractivity contribution is 7.86. The second kappa shape index (κ2) is 8.09. The smallest absolute Gasteiger partial charge is 0.334 e. The lowest BCUT2D eigenvalue weighted by Crippen LogP contribution is -2.64. The number of hydrogen-bond donors (Lipinski definition) is 1. The molecule has 0 spiro atoms. The molecule has 0 unspecified atom stereocenters. The molecule has 0 fully saturated rings. The monoisotopic (exact) mass is 308 g/mol. The molecule has 0 aromatic rings. The maximum absolute atomic E-state index is 5.75. The molecule has 110 valence electrons. The third-order valence-electron chi connectivity index (χ3n) is 4.49. The molecule has 0 amide bonds. The minimum absolute atomic E-state index is 0.0307. The second-order valence-electron chi connectivity index (χ2n) is 5.67. The van der Waals surface area contributed by atoms with Gasteiger partial charge in [0.2, 0.25) is 0 Å². The molecule has 18 heavy (non-hydrogen) atoms. The van der Waals surface area contributed by atoms with Crippen LogP contribution in [-0.4, -0.2) is 35.6 Å². The molecule has 0 saturated heterocycles. The zero-order valence-electron chi connectivity index (χ0n) is 13.2. The molecule has 0 aromatic heterocycles. The van der Waals surface area contributed by atoms with Crippen LogP contribution in [0.5, 0.6) is 0 Å². The van der Waals surface area contributed by atoms with Gasteiger partial charge in [0.15, 0.2) is 0 Å². The molecule has 1 atom stereocenters. The Kier molecular flexibility index (Phi) is 8.41. The topological polar surface area (TPSA) is 18.5 Å². The van der Waals surface area contributed by atoms with Crippen LogP contribution in [-0.2, 0) is 8.85 Å². The van der Waals surface area contributed by atoms with E-state index in [1.54, 1.807) is 14.2 Å². The summed E-state index contributed by atoms with van der Waals surface area (Å²) in [6.07, 6.45) is 1.12. The first-order valence-corrected chi connectivity index (χ1v) is 11.7. The van der Waals surface area contributed by atoms with E-state index in [1.165, 1.54) is 18.1 Å². The molecule has 0 aliphatic rings. The first-order chi connectivity index (χ1) is 8.37. The molecule has 0 aliphatic heterocycles. The second-order valence-corrected chi connectivity index (χ2v) is 16.1. The summed E-state index contributed by atoms with van der Waals surface area (Å²) in [6.45, 7) is 11.6. The van der Waals surface area contributed by atoms with Gasteiger partial charge in [0.1, 0.15) is 0 Å². The fourth-order valence-corrected chi connectivity index (χ4v) is 16.1. The lowest BCUT2D eigenvalue weighted by molar-refractivity contribution is 0.265. The quantitative estimate of drug-likeness (QED) is 0.516. The average Bonchev–Trinajstić information content (AvgIpc) is 2.32. The van der Waals surface area contributed by atoms with Gasteiger partial charge in [-0.05, 0) is 12.3 Å². The first-order valence-electron chi connectivity index (χ1n) is 7.15. The third kappa shape index (κ3) is 3.63. The predicted octanol–water partition coefficient (Wildman–Crippen LogP) is 3.80. The predicted molar refractivity (Wildman–Crippen MR) is 89.5 cm³/mol. The van der Waals surface area contributed by atoms with Gasteiger partial charge >= 0.3 is 9.28 Å². The zero-order chi connectivity index (χ0) is 14.4. The van der Waals surface area contributed by atoms with Crippen LogP contribution in [0.3, 0.4) is 0 Å². The van der Waals surface area contributed by atoms with Crippen molar-refractivity contribution in [1.82, 2.24) is 0 Å². The van der Waals surface area contributed by atoms with Crippen LogP contribution in [0, 0.1) is 5.92 Å². The van der Waals surface area contributed by atoms with Crippen LogP contribution in [0.15, 0.2) is 0 Å². The molecule has 0 N–H and O–H groups in total. The SMILES string of the molecule is CC[Si](CC)(CC)[C@@](S)(CC(C)C)[SiH](OC)OC. The Hall–Kier alpha value is 0.704. The van der Waals surface area contributed by atoms with Gasteiger partial charge in [-0.25, -0.2) is 0 Å². The molecule has 0 saturated carbocycles. The summed E-state index contributed by atoms with van der Waals surface area (Å²) in [6, 6.07) is 3.81. The van der Waals surface area contributed by atoms with Crippen LogP contribution < -0.4 is 0 Å². The molecule has 0 aliphatic carbocycles. The van der Waals surface area contributed by atoms with Crippen molar-refractivity contribution in [3.05, 3.63) is 0 Å². The van der Waals surface area contributed by atoms with E-state index in [9.17, 15) is 0 Å².